The molecule has 0 aliphatic carbocycles. The summed E-state index contributed by atoms with van der Waals surface area (Å²) in [6.07, 6.45) is 3.98. The summed E-state index contributed by atoms with van der Waals surface area (Å²) in [5.74, 6) is -1.73. The molecule has 0 aliphatic heterocycles. The van der Waals surface area contributed by atoms with Crippen molar-refractivity contribution in [3.8, 4) is 14.9 Å². The van der Waals surface area contributed by atoms with Crippen LogP contribution in [0.15, 0.2) is 30.3 Å². The van der Waals surface area contributed by atoms with Crippen molar-refractivity contribution >= 4 is 26.5 Å². The molecule has 0 aliphatic rings. The molecule has 0 unspecified atom stereocenters. The number of hydrogen-bond donors (Lipinski definition) is 0. The third-order valence-electron chi connectivity index (χ3n) is 2.57. The van der Waals surface area contributed by atoms with Gasteiger partial charge in [-0.15, -0.1) is 0 Å². The second-order valence-corrected chi connectivity index (χ2v) is 7.06. The minimum absolute atomic E-state index is 0.0235. The van der Waals surface area contributed by atoms with Gasteiger partial charge in [0, 0.05) is 0 Å². The molecule has 4 heteroatoms. The van der Waals surface area contributed by atoms with E-state index in [-0.39, 0.29) is 5.75 Å². The summed E-state index contributed by atoms with van der Waals surface area (Å²) in [5, 5.41) is 0. The molecule has 1 heterocycles. The summed E-state index contributed by atoms with van der Waals surface area (Å²) < 4.78 is 35.0. The molecule has 0 saturated heterocycles. The van der Waals surface area contributed by atoms with Crippen LogP contribution in [0.25, 0.3) is 15.2 Å². The van der Waals surface area contributed by atoms with Crippen LogP contribution in [-0.4, -0.2) is 27.0 Å². The average Bonchev–Trinajstić information content (AvgIpc) is 2.84. The van der Waals surface area contributed by atoms with Crippen LogP contribution in [0.2, 0.25) is 0 Å². The zero-order valence-corrected chi connectivity index (χ0v) is 13.1. The molecule has 0 radical (unpaired) electrons. The Morgan fingerprint density at radius 3 is 2.63 bits per heavy atom. The molecule has 0 atom stereocenters. The molecule has 0 fully saturated rings. The number of ether oxygens (including phenoxy) is 1. The van der Waals surface area contributed by atoms with Gasteiger partial charge in [0.25, 0.3) is 0 Å². The van der Waals surface area contributed by atoms with E-state index < -0.39 is 32.1 Å². The van der Waals surface area contributed by atoms with Crippen molar-refractivity contribution < 1.29 is 13.5 Å². The van der Waals surface area contributed by atoms with Gasteiger partial charge in [0.2, 0.25) is 0 Å². The summed E-state index contributed by atoms with van der Waals surface area (Å²) in [5.41, 5.74) is 0.360. The van der Waals surface area contributed by atoms with Gasteiger partial charge in [-0.2, -0.15) is 0 Å². The maximum atomic E-state index is 14.0. The predicted octanol–water partition coefficient (Wildman–Crippen LogP) is 4.12. The first-order chi connectivity index (χ1) is 9.17. The van der Waals surface area contributed by atoms with Gasteiger partial charge in [0.1, 0.15) is 0 Å². The van der Waals surface area contributed by atoms with E-state index in [1.165, 1.54) is 9.65 Å². The van der Waals surface area contributed by atoms with Gasteiger partial charge in [0.15, 0.2) is 0 Å². The van der Waals surface area contributed by atoms with E-state index in [2.05, 4.69) is 0 Å². The minimum atomic E-state index is -0.896. The van der Waals surface area contributed by atoms with E-state index in [9.17, 15) is 8.78 Å². The predicted molar refractivity (Wildman–Crippen MR) is 74.6 cm³/mol. The molecule has 2 aromatic rings. The molecule has 0 saturated carbocycles. The molecular weight excluding hydrogens is 362 g/mol. The first-order valence-corrected chi connectivity index (χ1v) is 8.34. The van der Waals surface area contributed by atoms with Crippen molar-refractivity contribution in [2.45, 2.75) is 13.8 Å². The SMILES string of the molecule is C/C=C/c1ccc(-c2ccc(OCC)c(F)c2F)[te]1. The van der Waals surface area contributed by atoms with Crippen LogP contribution in [0, 0.1) is 11.6 Å². The van der Waals surface area contributed by atoms with Crippen LogP contribution in [0.3, 0.4) is 0 Å². The Balaban J connectivity index is 2.42. The molecular formula is C15H14F2OTe. The molecule has 0 amide bonds. The number of allylic oxidation sites excluding steroid dienone is 1. The monoisotopic (exact) mass is 378 g/mol. The molecule has 1 aromatic carbocycles. The van der Waals surface area contributed by atoms with Crippen LogP contribution in [0.1, 0.15) is 17.4 Å². The topological polar surface area (TPSA) is 9.23 Å². The van der Waals surface area contributed by atoms with Crippen molar-refractivity contribution in [2.24, 2.45) is 0 Å². The van der Waals surface area contributed by atoms with E-state index in [0.29, 0.717) is 12.2 Å². The van der Waals surface area contributed by atoms with Crippen molar-refractivity contribution in [2.75, 3.05) is 6.61 Å². The Labute approximate surface area is 121 Å². The Morgan fingerprint density at radius 1 is 1.16 bits per heavy atom. The van der Waals surface area contributed by atoms with Crippen LogP contribution < -0.4 is 4.74 Å². The van der Waals surface area contributed by atoms with Gasteiger partial charge >= 0.3 is 121 Å². The summed E-state index contributed by atoms with van der Waals surface area (Å²) in [7, 11) is 0. The molecule has 0 N–H and O–H groups in total. The first-order valence-electron chi connectivity index (χ1n) is 6.01. The summed E-state index contributed by atoms with van der Waals surface area (Å²) in [6.45, 7) is 4.01. The van der Waals surface area contributed by atoms with E-state index >= 15 is 0 Å². The number of benzene rings is 1. The van der Waals surface area contributed by atoms with Gasteiger partial charge in [0.05, 0.1) is 0 Å². The van der Waals surface area contributed by atoms with Crippen LogP contribution in [0.5, 0.6) is 5.75 Å². The normalized spacial score (nSPS) is 11.2. The second kappa shape index (κ2) is 6.36. The third-order valence-corrected chi connectivity index (χ3v) is 5.66. The quantitative estimate of drug-likeness (QED) is 0.730. The van der Waals surface area contributed by atoms with Crippen molar-refractivity contribution in [1.29, 1.82) is 0 Å². The average molecular weight is 376 g/mol. The molecule has 100 valence electrons. The van der Waals surface area contributed by atoms with E-state index in [4.69, 9.17) is 4.74 Å². The van der Waals surface area contributed by atoms with Gasteiger partial charge in [-0.3, -0.25) is 0 Å². The van der Waals surface area contributed by atoms with Crippen LogP contribution in [0.4, 0.5) is 8.78 Å². The van der Waals surface area contributed by atoms with Crippen molar-refractivity contribution in [3.63, 3.8) is 0 Å². The van der Waals surface area contributed by atoms with Gasteiger partial charge in [-0.05, 0) is 0 Å². The standard InChI is InChI=1S/C15H14F2OTe/c1-3-5-10-6-9-13(19-10)11-7-8-12(18-4-2)15(17)14(11)16/h3,5-9H,4H2,1-2H3/b5-3+. The molecule has 1 aromatic heterocycles. The molecule has 0 spiro atoms. The molecule has 1 nitrogen and oxygen atoms in total. The van der Waals surface area contributed by atoms with Crippen LogP contribution >= 0.6 is 0 Å². The molecule has 0 bridgehead atoms. The van der Waals surface area contributed by atoms with Crippen molar-refractivity contribution in [3.05, 3.63) is 45.6 Å². The van der Waals surface area contributed by atoms with Gasteiger partial charge in [-0.1, -0.05) is 0 Å². The van der Waals surface area contributed by atoms with E-state index in [1.54, 1.807) is 13.0 Å². The Hall–Kier alpha value is -1.11. The Bertz CT molecular complexity index is 602. The fourth-order valence-corrected chi connectivity index (χ4v) is 4.59. The Morgan fingerprint density at radius 2 is 1.95 bits per heavy atom. The third kappa shape index (κ3) is 3.08. The van der Waals surface area contributed by atoms with Gasteiger partial charge < -0.3 is 0 Å². The summed E-state index contributed by atoms with van der Waals surface area (Å²) in [4.78, 5) is 0. The molecule has 19 heavy (non-hydrogen) atoms. The Kier molecular flexibility index (Phi) is 4.79. The number of hydrogen-bond acceptors (Lipinski definition) is 1. The summed E-state index contributed by atoms with van der Waals surface area (Å²) >= 11 is -0.626. The summed E-state index contributed by atoms with van der Waals surface area (Å²) in [6, 6.07) is 6.96. The fraction of sp³-hybridized carbons (Fsp3) is 0.200. The second-order valence-electron chi connectivity index (χ2n) is 3.87. The first kappa shape index (κ1) is 14.3. The maximum absolute atomic E-state index is 14.0. The zero-order valence-electron chi connectivity index (χ0n) is 10.7. The van der Waals surface area contributed by atoms with E-state index in [1.807, 2.05) is 31.2 Å². The van der Waals surface area contributed by atoms with Gasteiger partial charge in [-0.25, -0.2) is 0 Å². The molecule has 2 rings (SSSR count). The zero-order chi connectivity index (χ0) is 13.8. The van der Waals surface area contributed by atoms with Crippen molar-refractivity contribution in [1.82, 2.24) is 0 Å². The fourth-order valence-electron chi connectivity index (χ4n) is 1.74. The van der Waals surface area contributed by atoms with Crippen LogP contribution in [-0.2, 0) is 0 Å². The number of rotatable bonds is 4. The van der Waals surface area contributed by atoms with E-state index in [0.717, 1.165) is 3.58 Å². The number of halogens is 2.